The Kier molecular flexibility index (Phi) is 4.80. The summed E-state index contributed by atoms with van der Waals surface area (Å²) in [6.07, 6.45) is 4.87. The summed E-state index contributed by atoms with van der Waals surface area (Å²) in [5.41, 5.74) is 1.90. The molecule has 1 heterocycles. The molecule has 122 valence electrons. The molecule has 0 bridgehead atoms. The fourth-order valence-corrected chi connectivity index (χ4v) is 2.49. The summed E-state index contributed by atoms with van der Waals surface area (Å²) in [5, 5.41) is 9.28. The van der Waals surface area contributed by atoms with Crippen LogP contribution in [0.3, 0.4) is 0 Å². The largest absolute Gasteiger partial charge is 0.487 e. The maximum absolute atomic E-state index is 11.3. The van der Waals surface area contributed by atoms with Crippen molar-refractivity contribution in [2.24, 2.45) is 0 Å². The predicted octanol–water partition coefficient (Wildman–Crippen LogP) is 2.99. The van der Waals surface area contributed by atoms with Gasteiger partial charge in [0, 0.05) is 0 Å². The SMILES string of the molecule is C#Cc1cc(C(=O)O)cc(C2OCCO2)c1OCc1ccccc1. The lowest BCUT2D eigenvalue weighted by molar-refractivity contribution is -0.0459. The first-order valence-corrected chi connectivity index (χ1v) is 7.47. The van der Waals surface area contributed by atoms with E-state index in [4.69, 9.17) is 20.6 Å². The number of carboxylic acids is 1. The average Bonchev–Trinajstić information content (AvgIpc) is 3.14. The third-order valence-corrected chi connectivity index (χ3v) is 3.62. The van der Waals surface area contributed by atoms with Crippen molar-refractivity contribution in [1.29, 1.82) is 0 Å². The third kappa shape index (κ3) is 3.40. The number of rotatable bonds is 5. The minimum atomic E-state index is -1.07. The Balaban J connectivity index is 1.98. The third-order valence-electron chi connectivity index (χ3n) is 3.62. The summed E-state index contributed by atoms with van der Waals surface area (Å²) in [7, 11) is 0. The van der Waals surface area contributed by atoms with Gasteiger partial charge in [0.05, 0.1) is 29.9 Å². The maximum atomic E-state index is 11.3. The molecule has 3 rings (SSSR count). The highest BCUT2D eigenvalue weighted by Gasteiger charge is 2.26. The molecule has 0 spiro atoms. The van der Waals surface area contributed by atoms with E-state index < -0.39 is 12.3 Å². The Morgan fingerprint density at radius 2 is 1.96 bits per heavy atom. The van der Waals surface area contributed by atoms with Gasteiger partial charge in [0.25, 0.3) is 0 Å². The van der Waals surface area contributed by atoms with Crippen LogP contribution in [-0.2, 0) is 16.1 Å². The second-order valence-corrected chi connectivity index (χ2v) is 5.24. The van der Waals surface area contributed by atoms with Crippen molar-refractivity contribution in [1.82, 2.24) is 0 Å². The summed E-state index contributed by atoms with van der Waals surface area (Å²) in [6.45, 7) is 1.18. The minimum absolute atomic E-state index is 0.0733. The van der Waals surface area contributed by atoms with Crippen molar-refractivity contribution in [3.8, 4) is 18.1 Å². The van der Waals surface area contributed by atoms with Crippen molar-refractivity contribution in [2.75, 3.05) is 13.2 Å². The van der Waals surface area contributed by atoms with E-state index in [9.17, 15) is 9.90 Å². The van der Waals surface area contributed by atoms with Crippen molar-refractivity contribution >= 4 is 5.97 Å². The van der Waals surface area contributed by atoms with Crippen molar-refractivity contribution in [3.05, 3.63) is 64.7 Å². The molecule has 5 nitrogen and oxygen atoms in total. The summed E-state index contributed by atoms with van der Waals surface area (Å²) in [5.74, 6) is 1.84. The smallest absolute Gasteiger partial charge is 0.335 e. The number of hydrogen-bond donors (Lipinski definition) is 1. The van der Waals surface area contributed by atoms with Crippen molar-refractivity contribution in [2.45, 2.75) is 12.9 Å². The Morgan fingerprint density at radius 3 is 2.58 bits per heavy atom. The Morgan fingerprint density at radius 1 is 1.25 bits per heavy atom. The first-order chi connectivity index (χ1) is 11.7. The molecular formula is C19H16O5. The van der Waals surface area contributed by atoms with Crippen LogP contribution in [0.4, 0.5) is 0 Å². The second-order valence-electron chi connectivity index (χ2n) is 5.24. The minimum Gasteiger partial charge on any atom is -0.487 e. The van der Waals surface area contributed by atoms with Crippen LogP contribution in [-0.4, -0.2) is 24.3 Å². The molecule has 1 fully saturated rings. The molecule has 0 amide bonds. The van der Waals surface area contributed by atoms with E-state index in [1.807, 2.05) is 30.3 Å². The van der Waals surface area contributed by atoms with Gasteiger partial charge >= 0.3 is 5.97 Å². The van der Waals surface area contributed by atoms with Crippen LogP contribution >= 0.6 is 0 Å². The Labute approximate surface area is 139 Å². The van der Waals surface area contributed by atoms with E-state index in [0.717, 1.165) is 5.56 Å². The normalized spacial score (nSPS) is 14.3. The molecule has 0 aromatic heterocycles. The molecule has 1 saturated heterocycles. The highest BCUT2D eigenvalue weighted by atomic mass is 16.7. The number of aromatic carboxylic acids is 1. The van der Waals surface area contributed by atoms with E-state index in [0.29, 0.717) is 36.7 Å². The van der Waals surface area contributed by atoms with E-state index in [1.54, 1.807) is 0 Å². The van der Waals surface area contributed by atoms with Gasteiger partial charge in [-0.25, -0.2) is 4.79 Å². The quantitative estimate of drug-likeness (QED) is 0.857. The van der Waals surface area contributed by atoms with Gasteiger partial charge in [-0.15, -0.1) is 6.42 Å². The highest BCUT2D eigenvalue weighted by molar-refractivity contribution is 5.89. The molecule has 0 radical (unpaired) electrons. The number of carbonyl (C=O) groups is 1. The molecule has 2 aromatic carbocycles. The maximum Gasteiger partial charge on any atom is 0.335 e. The summed E-state index contributed by atoms with van der Waals surface area (Å²) in [4.78, 5) is 11.3. The zero-order valence-corrected chi connectivity index (χ0v) is 12.9. The van der Waals surface area contributed by atoms with Crippen LogP contribution in [0.5, 0.6) is 5.75 Å². The molecule has 0 unspecified atom stereocenters. The van der Waals surface area contributed by atoms with Gasteiger partial charge in [0.15, 0.2) is 6.29 Å². The lowest BCUT2D eigenvalue weighted by atomic mass is 10.0. The lowest BCUT2D eigenvalue weighted by Gasteiger charge is -2.18. The predicted molar refractivity (Wildman–Crippen MR) is 86.8 cm³/mol. The molecule has 0 aliphatic carbocycles. The number of benzene rings is 2. The van der Waals surface area contributed by atoms with Crippen molar-refractivity contribution < 1.29 is 24.1 Å². The number of terminal acetylenes is 1. The standard InChI is InChI=1S/C19H16O5/c1-2-14-10-15(18(20)21)11-16(19-22-8-9-23-19)17(14)24-12-13-6-4-3-5-7-13/h1,3-7,10-11,19H,8-9,12H2,(H,20,21). The lowest BCUT2D eigenvalue weighted by Crippen LogP contribution is -2.09. The summed E-state index contributed by atoms with van der Waals surface area (Å²) >= 11 is 0. The van der Waals surface area contributed by atoms with Crippen LogP contribution in [0, 0.1) is 12.3 Å². The van der Waals surface area contributed by atoms with Gasteiger partial charge in [0.2, 0.25) is 0 Å². The molecule has 1 N–H and O–H groups in total. The molecule has 5 heteroatoms. The topological polar surface area (TPSA) is 65.0 Å². The molecule has 1 aliphatic rings. The van der Waals surface area contributed by atoms with E-state index in [2.05, 4.69) is 5.92 Å². The average molecular weight is 324 g/mol. The number of ether oxygens (including phenoxy) is 3. The molecule has 1 aliphatic heterocycles. The molecule has 0 atom stereocenters. The van der Waals surface area contributed by atoms with Gasteiger partial charge in [-0.05, 0) is 17.7 Å². The van der Waals surface area contributed by atoms with Gasteiger partial charge in [-0.1, -0.05) is 36.3 Å². The fourth-order valence-electron chi connectivity index (χ4n) is 2.49. The zero-order chi connectivity index (χ0) is 16.9. The molecule has 24 heavy (non-hydrogen) atoms. The monoisotopic (exact) mass is 324 g/mol. The van der Waals surface area contributed by atoms with Crippen LogP contribution in [0.25, 0.3) is 0 Å². The second kappa shape index (κ2) is 7.18. The van der Waals surface area contributed by atoms with Crippen LogP contribution in [0.15, 0.2) is 42.5 Å². The van der Waals surface area contributed by atoms with Gasteiger partial charge in [-0.2, -0.15) is 0 Å². The van der Waals surface area contributed by atoms with Gasteiger partial charge < -0.3 is 19.3 Å². The van der Waals surface area contributed by atoms with Gasteiger partial charge in [0.1, 0.15) is 12.4 Å². The zero-order valence-electron chi connectivity index (χ0n) is 12.9. The van der Waals surface area contributed by atoms with E-state index >= 15 is 0 Å². The number of hydrogen-bond acceptors (Lipinski definition) is 4. The first-order valence-electron chi connectivity index (χ1n) is 7.47. The highest BCUT2D eigenvalue weighted by Crippen LogP contribution is 2.35. The molecule has 0 saturated carbocycles. The van der Waals surface area contributed by atoms with Crippen LogP contribution in [0.1, 0.15) is 33.3 Å². The Hall–Kier alpha value is -2.81. The van der Waals surface area contributed by atoms with E-state index in [1.165, 1.54) is 12.1 Å². The van der Waals surface area contributed by atoms with E-state index in [-0.39, 0.29) is 5.56 Å². The van der Waals surface area contributed by atoms with Gasteiger partial charge in [-0.3, -0.25) is 0 Å². The summed E-state index contributed by atoms with van der Waals surface area (Å²) in [6, 6.07) is 12.5. The fraction of sp³-hybridized carbons (Fsp3) is 0.211. The van der Waals surface area contributed by atoms with Crippen LogP contribution in [0.2, 0.25) is 0 Å². The number of carboxylic acid groups (broad SMARTS) is 1. The van der Waals surface area contributed by atoms with Crippen LogP contribution < -0.4 is 4.74 Å². The van der Waals surface area contributed by atoms with Crippen molar-refractivity contribution in [3.63, 3.8) is 0 Å². The molecular weight excluding hydrogens is 308 g/mol. The first kappa shape index (κ1) is 16.1. The Bertz CT molecular complexity index is 770. The molecule has 2 aromatic rings. The summed E-state index contributed by atoms with van der Waals surface area (Å²) < 4.78 is 16.9.